The first-order chi connectivity index (χ1) is 8.11. The molecule has 1 N–H and O–H groups in total. The second-order valence-corrected chi connectivity index (χ2v) is 6.79. The van der Waals surface area contributed by atoms with Crippen LogP contribution in [0.3, 0.4) is 0 Å². The molecule has 18 heavy (non-hydrogen) atoms. The lowest BCUT2D eigenvalue weighted by atomic mass is 9.84. The topological polar surface area (TPSA) is 49.8 Å². The quantitative estimate of drug-likeness (QED) is 0.827. The van der Waals surface area contributed by atoms with E-state index in [1.165, 1.54) is 0 Å². The maximum Gasteiger partial charge on any atom is 0.410 e. The molecule has 0 radical (unpaired) electrons. The highest BCUT2D eigenvalue weighted by Gasteiger charge is 2.35. The van der Waals surface area contributed by atoms with Crippen molar-refractivity contribution in [2.24, 2.45) is 5.92 Å². The zero-order chi connectivity index (χ0) is 14.0. The van der Waals surface area contributed by atoms with Crippen molar-refractivity contribution in [3.63, 3.8) is 0 Å². The van der Waals surface area contributed by atoms with Crippen LogP contribution < -0.4 is 0 Å². The molecule has 0 atom stereocenters. The Labute approximate surface area is 110 Å². The Hall–Kier alpha value is -0.770. The van der Waals surface area contributed by atoms with Crippen LogP contribution in [0.1, 0.15) is 53.9 Å². The number of nitrogens with zero attached hydrogens (tertiary/aromatic N) is 1. The molecule has 1 amide bonds. The molecule has 0 saturated carbocycles. The molecule has 0 spiro atoms. The molecule has 1 heterocycles. The first kappa shape index (κ1) is 15.3. The molecule has 1 aliphatic rings. The largest absolute Gasteiger partial charge is 0.444 e. The molecule has 0 bridgehead atoms. The number of amides is 1. The fraction of sp³-hybridized carbons (Fsp3) is 0.929. The minimum atomic E-state index is -0.604. The van der Waals surface area contributed by atoms with Gasteiger partial charge in [-0.05, 0) is 46.0 Å². The lowest BCUT2D eigenvalue weighted by Gasteiger charge is -2.39. The van der Waals surface area contributed by atoms with Gasteiger partial charge in [0.25, 0.3) is 0 Å². The average Bonchev–Trinajstić information content (AvgIpc) is 2.13. The predicted molar refractivity (Wildman–Crippen MR) is 71.4 cm³/mol. The van der Waals surface area contributed by atoms with E-state index in [0.29, 0.717) is 31.8 Å². The Morgan fingerprint density at radius 3 is 2.22 bits per heavy atom. The molecule has 0 aromatic carbocycles. The van der Waals surface area contributed by atoms with E-state index in [-0.39, 0.29) is 6.09 Å². The molecular weight excluding hydrogens is 230 g/mol. The number of likely N-dealkylation sites (tertiary alicyclic amines) is 1. The van der Waals surface area contributed by atoms with Crippen molar-refractivity contribution in [2.75, 3.05) is 13.1 Å². The van der Waals surface area contributed by atoms with Crippen LogP contribution in [0.25, 0.3) is 0 Å². The minimum absolute atomic E-state index is 0.269. The maximum absolute atomic E-state index is 11.9. The lowest BCUT2D eigenvalue weighted by molar-refractivity contribution is -0.0428. The second-order valence-electron chi connectivity index (χ2n) is 6.79. The highest BCUT2D eigenvalue weighted by molar-refractivity contribution is 5.68. The van der Waals surface area contributed by atoms with E-state index >= 15 is 0 Å². The van der Waals surface area contributed by atoms with Crippen molar-refractivity contribution in [3.05, 3.63) is 0 Å². The number of rotatable bonds is 2. The molecule has 1 aliphatic heterocycles. The Morgan fingerprint density at radius 2 is 1.83 bits per heavy atom. The van der Waals surface area contributed by atoms with Crippen molar-refractivity contribution in [1.82, 2.24) is 4.90 Å². The Bertz CT molecular complexity index is 286. The Morgan fingerprint density at radius 1 is 1.33 bits per heavy atom. The molecule has 1 rings (SSSR count). The summed E-state index contributed by atoms with van der Waals surface area (Å²) in [6.07, 6.45) is 1.82. The van der Waals surface area contributed by atoms with E-state index < -0.39 is 11.2 Å². The molecule has 1 saturated heterocycles. The van der Waals surface area contributed by atoms with Crippen LogP contribution in [-0.4, -0.2) is 40.4 Å². The van der Waals surface area contributed by atoms with Gasteiger partial charge in [0.05, 0.1) is 5.60 Å². The number of hydrogen-bond acceptors (Lipinski definition) is 3. The molecular formula is C14H27NO3. The normalized spacial score (nSPS) is 20.1. The number of hydrogen-bond donors (Lipinski definition) is 1. The van der Waals surface area contributed by atoms with Crippen molar-refractivity contribution < 1.29 is 14.6 Å². The summed E-state index contributed by atoms with van der Waals surface area (Å²) in [5.41, 5.74) is -1.06. The summed E-state index contributed by atoms with van der Waals surface area (Å²) in [6.45, 7) is 11.0. The molecule has 4 nitrogen and oxygen atoms in total. The summed E-state index contributed by atoms with van der Waals surface area (Å²) in [5, 5.41) is 10.4. The van der Waals surface area contributed by atoms with Gasteiger partial charge < -0.3 is 14.7 Å². The van der Waals surface area contributed by atoms with Crippen molar-refractivity contribution in [1.29, 1.82) is 0 Å². The van der Waals surface area contributed by atoms with Gasteiger partial charge in [-0.1, -0.05) is 13.8 Å². The fourth-order valence-electron chi connectivity index (χ4n) is 2.40. The number of piperidine rings is 1. The van der Waals surface area contributed by atoms with Gasteiger partial charge in [-0.25, -0.2) is 4.79 Å². The summed E-state index contributed by atoms with van der Waals surface area (Å²) in [4.78, 5) is 13.6. The summed E-state index contributed by atoms with van der Waals surface area (Å²) in [6, 6.07) is 0. The standard InChI is InChI=1S/C14H27NO3/c1-11(2)10-14(17)6-8-15(9-7-14)12(16)18-13(3,4)5/h11,17H,6-10H2,1-5H3. The SMILES string of the molecule is CC(C)CC1(O)CCN(C(=O)OC(C)(C)C)CC1. The third-order valence-electron chi connectivity index (χ3n) is 3.13. The monoisotopic (exact) mass is 257 g/mol. The van der Waals surface area contributed by atoms with Gasteiger partial charge in [-0.2, -0.15) is 0 Å². The van der Waals surface area contributed by atoms with Gasteiger partial charge in [0.1, 0.15) is 5.60 Å². The van der Waals surface area contributed by atoms with E-state index in [1.54, 1.807) is 4.90 Å². The number of carbonyl (C=O) groups excluding carboxylic acids is 1. The minimum Gasteiger partial charge on any atom is -0.444 e. The van der Waals surface area contributed by atoms with E-state index in [0.717, 1.165) is 6.42 Å². The Kier molecular flexibility index (Phi) is 4.65. The number of carbonyl (C=O) groups is 1. The molecule has 0 aliphatic carbocycles. The van der Waals surface area contributed by atoms with Crippen LogP contribution in [0.5, 0.6) is 0 Å². The van der Waals surface area contributed by atoms with Crippen LogP contribution >= 0.6 is 0 Å². The van der Waals surface area contributed by atoms with Gasteiger partial charge in [-0.15, -0.1) is 0 Å². The third kappa shape index (κ3) is 4.84. The first-order valence-electron chi connectivity index (χ1n) is 6.82. The maximum atomic E-state index is 11.9. The highest BCUT2D eigenvalue weighted by Crippen LogP contribution is 2.29. The van der Waals surface area contributed by atoms with Crippen LogP contribution in [0.2, 0.25) is 0 Å². The highest BCUT2D eigenvalue weighted by atomic mass is 16.6. The zero-order valence-corrected chi connectivity index (χ0v) is 12.3. The zero-order valence-electron chi connectivity index (χ0n) is 12.3. The van der Waals surface area contributed by atoms with E-state index in [1.807, 2.05) is 20.8 Å². The predicted octanol–water partition coefficient (Wildman–Crippen LogP) is 2.79. The molecule has 0 unspecified atom stereocenters. The smallest absolute Gasteiger partial charge is 0.410 e. The summed E-state index contributed by atoms with van der Waals surface area (Å²) in [5.74, 6) is 0.475. The molecule has 4 heteroatoms. The molecule has 1 fully saturated rings. The van der Waals surface area contributed by atoms with Gasteiger partial charge in [0.2, 0.25) is 0 Å². The van der Waals surface area contributed by atoms with Crippen molar-refractivity contribution in [3.8, 4) is 0 Å². The van der Waals surface area contributed by atoms with Crippen molar-refractivity contribution in [2.45, 2.75) is 65.1 Å². The summed E-state index contributed by atoms with van der Waals surface area (Å²) >= 11 is 0. The number of aliphatic hydroxyl groups is 1. The van der Waals surface area contributed by atoms with Crippen LogP contribution in [0.15, 0.2) is 0 Å². The third-order valence-corrected chi connectivity index (χ3v) is 3.13. The van der Waals surface area contributed by atoms with Crippen LogP contribution in [0, 0.1) is 5.92 Å². The summed E-state index contributed by atoms with van der Waals surface area (Å²) in [7, 11) is 0. The lowest BCUT2D eigenvalue weighted by Crippen LogP contribution is -2.48. The van der Waals surface area contributed by atoms with E-state index in [4.69, 9.17) is 4.74 Å². The Balaban J connectivity index is 2.46. The van der Waals surface area contributed by atoms with Gasteiger partial charge in [0.15, 0.2) is 0 Å². The van der Waals surface area contributed by atoms with Crippen molar-refractivity contribution >= 4 is 6.09 Å². The van der Waals surface area contributed by atoms with Gasteiger partial charge in [0, 0.05) is 13.1 Å². The van der Waals surface area contributed by atoms with E-state index in [9.17, 15) is 9.90 Å². The molecule has 0 aromatic heterocycles. The van der Waals surface area contributed by atoms with Gasteiger partial charge in [-0.3, -0.25) is 0 Å². The number of ether oxygens (including phenoxy) is 1. The fourth-order valence-corrected chi connectivity index (χ4v) is 2.40. The van der Waals surface area contributed by atoms with Gasteiger partial charge >= 0.3 is 6.09 Å². The molecule has 106 valence electrons. The summed E-state index contributed by atoms with van der Waals surface area (Å²) < 4.78 is 5.33. The van der Waals surface area contributed by atoms with Crippen LogP contribution in [-0.2, 0) is 4.74 Å². The second kappa shape index (κ2) is 5.47. The molecule has 0 aromatic rings. The van der Waals surface area contributed by atoms with Crippen LogP contribution in [0.4, 0.5) is 4.79 Å². The van der Waals surface area contributed by atoms with E-state index in [2.05, 4.69) is 13.8 Å². The first-order valence-corrected chi connectivity index (χ1v) is 6.82. The average molecular weight is 257 g/mol.